The molecule has 0 amide bonds. The molecule has 0 radical (unpaired) electrons. The molecule has 0 aliphatic heterocycles. The van der Waals surface area contributed by atoms with Crippen molar-refractivity contribution in [2.75, 3.05) is 0 Å². The van der Waals surface area contributed by atoms with Gasteiger partial charge in [0.2, 0.25) is 0 Å². The normalized spacial score (nSPS) is 11.1. The molecule has 0 saturated heterocycles. The van der Waals surface area contributed by atoms with E-state index in [2.05, 4.69) is 0 Å². The molecule has 2 aromatic rings. The van der Waals surface area contributed by atoms with Crippen LogP contribution in [-0.4, -0.2) is 15.6 Å². The monoisotopic (exact) mass is 295 g/mol. The number of carboxylic acids is 1. The number of hydrogen-bond acceptors (Lipinski definition) is 1. The molecule has 0 unspecified atom stereocenters. The van der Waals surface area contributed by atoms with Gasteiger partial charge in [0, 0.05) is 12.7 Å². The first-order valence-corrected chi connectivity index (χ1v) is 6.63. The van der Waals surface area contributed by atoms with E-state index in [9.17, 15) is 14.3 Å². The minimum absolute atomic E-state index is 0.0376. The standard InChI is InChI=1S/C15H15ClFNO2/c1-9(2)11-6-14(15(19)20)18(8-11)7-10-3-4-13(17)12(16)5-10/h3-6,8-9H,7H2,1-2H3,(H,19,20). The average molecular weight is 296 g/mol. The van der Waals surface area contributed by atoms with Crippen LogP contribution in [0.5, 0.6) is 0 Å². The highest BCUT2D eigenvalue weighted by Crippen LogP contribution is 2.21. The second-order valence-corrected chi connectivity index (χ2v) is 5.40. The summed E-state index contributed by atoms with van der Waals surface area (Å²) in [6.07, 6.45) is 1.81. The first-order chi connectivity index (χ1) is 9.38. The number of aromatic nitrogens is 1. The molecule has 1 aromatic heterocycles. The third-order valence-corrected chi connectivity index (χ3v) is 3.43. The van der Waals surface area contributed by atoms with Crippen molar-refractivity contribution in [3.8, 4) is 0 Å². The molecule has 0 aliphatic carbocycles. The summed E-state index contributed by atoms with van der Waals surface area (Å²) in [7, 11) is 0. The largest absolute Gasteiger partial charge is 0.477 e. The molecule has 106 valence electrons. The molecule has 20 heavy (non-hydrogen) atoms. The van der Waals surface area contributed by atoms with Crippen LogP contribution < -0.4 is 0 Å². The van der Waals surface area contributed by atoms with Crippen molar-refractivity contribution >= 4 is 17.6 Å². The van der Waals surface area contributed by atoms with Gasteiger partial charge in [-0.15, -0.1) is 0 Å². The van der Waals surface area contributed by atoms with Crippen LogP contribution in [0.2, 0.25) is 5.02 Å². The maximum Gasteiger partial charge on any atom is 0.352 e. The minimum atomic E-state index is -0.981. The topological polar surface area (TPSA) is 42.2 Å². The Kier molecular flexibility index (Phi) is 4.14. The number of benzene rings is 1. The average Bonchev–Trinajstić information content (AvgIpc) is 2.78. The van der Waals surface area contributed by atoms with Gasteiger partial charge in [-0.1, -0.05) is 31.5 Å². The minimum Gasteiger partial charge on any atom is -0.477 e. The van der Waals surface area contributed by atoms with Gasteiger partial charge >= 0.3 is 5.97 Å². The number of hydrogen-bond donors (Lipinski definition) is 1. The zero-order valence-corrected chi connectivity index (χ0v) is 12.0. The first-order valence-electron chi connectivity index (χ1n) is 6.25. The third kappa shape index (κ3) is 3.02. The van der Waals surface area contributed by atoms with Gasteiger partial charge < -0.3 is 9.67 Å². The summed E-state index contributed by atoms with van der Waals surface area (Å²) in [5.41, 5.74) is 1.93. The van der Waals surface area contributed by atoms with Crippen LogP contribution in [0.25, 0.3) is 0 Å². The lowest BCUT2D eigenvalue weighted by molar-refractivity contribution is 0.0685. The van der Waals surface area contributed by atoms with Crippen molar-refractivity contribution in [2.45, 2.75) is 26.3 Å². The van der Waals surface area contributed by atoms with Crippen molar-refractivity contribution < 1.29 is 14.3 Å². The van der Waals surface area contributed by atoms with Crippen molar-refractivity contribution in [3.05, 3.63) is 58.1 Å². The summed E-state index contributed by atoms with van der Waals surface area (Å²) < 4.78 is 14.8. The highest BCUT2D eigenvalue weighted by molar-refractivity contribution is 6.30. The Bertz CT molecular complexity index is 649. The predicted molar refractivity (Wildman–Crippen MR) is 76.0 cm³/mol. The van der Waals surface area contributed by atoms with E-state index in [1.807, 2.05) is 20.0 Å². The molecule has 0 fully saturated rings. The van der Waals surface area contributed by atoms with Crippen molar-refractivity contribution in [1.29, 1.82) is 0 Å². The molecule has 5 heteroatoms. The zero-order chi connectivity index (χ0) is 14.9. The van der Waals surface area contributed by atoms with Crippen LogP contribution in [0, 0.1) is 5.82 Å². The summed E-state index contributed by atoms with van der Waals surface area (Å²) in [5, 5.41) is 9.27. The van der Waals surface area contributed by atoms with Gasteiger partial charge in [-0.05, 0) is 35.2 Å². The Labute approximate surface area is 121 Å². The lowest BCUT2D eigenvalue weighted by Gasteiger charge is -2.07. The Balaban J connectivity index is 2.36. The van der Waals surface area contributed by atoms with Crippen molar-refractivity contribution in [3.63, 3.8) is 0 Å². The summed E-state index contributed by atoms with van der Waals surface area (Å²) >= 11 is 5.74. The number of carbonyl (C=O) groups is 1. The third-order valence-electron chi connectivity index (χ3n) is 3.14. The second kappa shape index (κ2) is 5.67. The first kappa shape index (κ1) is 14.6. The fourth-order valence-electron chi connectivity index (χ4n) is 1.99. The van der Waals surface area contributed by atoms with E-state index in [1.54, 1.807) is 16.7 Å². The van der Waals surface area contributed by atoms with Gasteiger partial charge in [0.25, 0.3) is 0 Å². The maximum absolute atomic E-state index is 13.1. The number of carboxylic acid groups (broad SMARTS) is 1. The quantitative estimate of drug-likeness (QED) is 0.920. The van der Waals surface area contributed by atoms with E-state index >= 15 is 0 Å². The molecule has 1 N–H and O–H groups in total. The van der Waals surface area contributed by atoms with Crippen LogP contribution in [0.1, 0.15) is 41.4 Å². The molecule has 3 nitrogen and oxygen atoms in total. The Morgan fingerprint density at radius 3 is 2.65 bits per heavy atom. The lowest BCUT2D eigenvalue weighted by atomic mass is 10.1. The molecule has 0 aliphatic rings. The van der Waals surface area contributed by atoms with Crippen LogP contribution >= 0.6 is 11.6 Å². The van der Waals surface area contributed by atoms with Crippen molar-refractivity contribution in [1.82, 2.24) is 4.57 Å². The van der Waals surface area contributed by atoms with E-state index < -0.39 is 11.8 Å². The number of halogens is 2. The van der Waals surface area contributed by atoms with E-state index in [-0.39, 0.29) is 16.6 Å². The van der Waals surface area contributed by atoms with Gasteiger partial charge in [0.15, 0.2) is 0 Å². The molecule has 0 saturated carbocycles. The number of rotatable bonds is 4. The molecule has 2 rings (SSSR count). The SMILES string of the molecule is CC(C)c1cc(C(=O)O)n(Cc2ccc(F)c(Cl)c2)c1. The Hall–Kier alpha value is -1.81. The van der Waals surface area contributed by atoms with Gasteiger partial charge in [0.1, 0.15) is 11.5 Å². The summed E-state index contributed by atoms with van der Waals surface area (Å²) in [5.74, 6) is -1.22. The molecular formula is C15H15ClFNO2. The maximum atomic E-state index is 13.1. The second-order valence-electron chi connectivity index (χ2n) is 4.99. The van der Waals surface area contributed by atoms with Crippen LogP contribution in [-0.2, 0) is 6.54 Å². The predicted octanol–water partition coefficient (Wildman–Crippen LogP) is 4.15. The highest BCUT2D eigenvalue weighted by Gasteiger charge is 2.14. The van der Waals surface area contributed by atoms with Crippen LogP contribution in [0.15, 0.2) is 30.5 Å². The highest BCUT2D eigenvalue weighted by atomic mass is 35.5. The summed E-state index contributed by atoms with van der Waals surface area (Å²) in [4.78, 5) is 11.3. The summed E-state index contributed by atoms with van der Waals surface area (Å²) in [6.45, 7) is 4.34. The number of aromatic carboxylic acids is 1. The van der Waals surface area contributed by atoms with E-state index in [0.29, 0.717) is 6.54 Å². The fraction of sp³-hybridized carbons (Fsp3) is 0.267. The molecule has 0 atom stereocenters. The van der Waals surface area contributed by atoms with Crippen LogP contribution in [0.4, 0.5) is 4.39 Å². The summed E-state index contributed by atoms with van der Waals surface area (Å²) in [6, 6.07) is 6.06. The zero-order valence-electron chi connectivity index (χ0n) is 11.2. The molecular weight excluding hydrogens is 281 g/mol. The van der Waals surface area contributed by atoms with Gasteiger partial charge in [-0.25, -0.2) is 9.18 Å². The van der Waals surface area contributed by atoms with Crippen molar-refractivity contribution in [2.24, 2.45) is 0 Å². The van der Waals surface area contributed by atoms with Gasteiger partial charge in [-0.2, -0.15) is 0 Å². The number of nitrogens with zero attached hydrogens (tertiary/aromatic N) is 1. The molecule has 0 bridgehead atoms. The lowest BCUT2D eigenvalue weighted by Crippen LogP contribution is -2.08. The van der Waals surface area contributed by atoms with Gasteiger partial charge in [-0.3, -0.25) is 0 Å². The molecule has 1 aromatic carbocycles. The fourth-order valence-corrected chi connectivity index (χ4v) is 2.20. The van der Waals surface area contributed by atoms with Gasteiger partial charge in [0.05, 0.1) is 5.02 Å². The van der Waals surface area contributed by atoms with E-state index in [1.165, 1.54) is 12.1 Å². The van der Waals surface area contributed by atoms with E-state index in [0.717, 1.165) is 11.1 Å². The van der Waals surface area contributed by atoms with E-state index in [4.69, 9.17) is 11.6 Å². The Morgan fingerprint density at radius 2 is 2.10 bits per heavy atom. The van der Waals surface area contributed by atoms with Crippen LogP contribution in [0.3, 0.4) is 0 Å². The molecule has 0 spiro atoms. The molecule has 1 heterocycles. The smallest absolute Gasteiger partial charge is 0.352 e. The Morgan fingerprint density at radius 1 is 1.40 bits per heavy atom.